The number of aromatic nitrogens is 4. The zero-order chi connectivity index (χ0) is 24.4. The maximum atomic E-state index is 13.1. The summed E-state index contributed by atoms with van der Waals surface area (Å²) in [5.74, 6) is -0.384. The summed E-state index contributed by atoms with van der Waals surface area (Å²) < 4.78 is 15.3. The first-order valence-electron chi connectivity index (χ1n) is 10.1. The van der Waals surface area contributed by atoms with E-state index in [9.17, 15) is 18.8 Å². The van der Waals surface area contributed by atoms with Crippen LogP contribution in [-0.2, 0) is 25.4 Å². The number of nitrogens with one attached hydrogen (secondary N) is 1. The maximum absolute atomic E-state index is 13.1. The summed E-state index contributed by atoms with van der Waals surface area (Å²) in [5.41, 5.74) is 0.492. The normalized spacial score (nSPS) is 11.1. The second-order valence-electron chi connectivity index (χ2n) is 7.46. The molecule has 0 saturated heterocycles. The zero-order valence-corrected chi connectivity index (χ0v) is 19.8. The van der Waals surface area contributed by atoms with Crippen molar-refractivity contribution in [2.45, 2.75) is 11.6 Å². The molecule has 2 heterocycles. The van der Waals surface area contributed by atoms with Crippen LogP contribution in [0.4, 0.5) is 4.39 Å². The average Bonchev–Trinajstić information content (AvgIpc) is 2.84. The molecule has 0 atom stereocenters. The molecule has 0 radical (unpaired) electrons. The Morgan fingerprint density at radius 3 is 2.38 bits per heavy atom. The second kappa shape index (κ2) is 9.78. The Labute approximate surface area is 202 Å². The summed E-state index contributed by atoms with van der Waals surface area (Å²) in [4.78, 5) is 46.8. The number of amides is 1. The molecule has 8 nitrogen and oxygen atoms in total. The predicted molar refractivity (Wildman–Crippen MR) is 129 cm³/mol. The fourth-order valence-corrected chi connectivity index (χ4v) is 4.22. The van der Waals surface area contributed by atoms with E-state index in [1.807, 2.05) is 0 Å². The van der Waals surface area contributed by atoms with E-state index in [4.69, 9.17) is 11.6 Å². The van der Waals surface area contributed by atoms with Gasteiger partial charge in [0.25, 0.3) is 5.56 Å². The first-order chi connectivity index (χ1) is 16.2. The van der Waals surface area contributed by atoms with Crippen LogP contribution in [0.25, 0.3) is 22.4 Å². The molecule has 0 aliphatic rings. The lowest BCUT2D eigenvalue weighted by Crippen LogP contribution is -2.37. The Morgan fingerprint density at radius 1 is 1.03 bits per heavy atom. The number of fused-ring (bicyclic) bond motifs is 1. The van der Waals surface area contributed by atoms with Crippen LogP contribution in [0.2, 0.25) is 5.02 Å². The molecule has 0 aliphatic carbocycles. The predicted octanol–water partition coefficient (Wildman–Crippen LogP) is 2.90. The van der Waals surface area contributed by atoms with Crippen LogP contribution in [0.1, 0.15) is 5.56 Å². The molecule has 34 heavy (non-hydrogen) atoms. The molecule has 174 valence electrons. The smallest absolute Gasteiger partial charge is 0.332 e. The minimum atomic E-state index is -0.546. The highest BCUT2D eigenvalue weighted by Crippen LogP contribution is 2.26. The van der Waals surface area contributed by atoms with E-state index >= 15 is 0 Å². The number of halogens is 2. The van der Waals surface area contributed by atoms with Gasteiger partial charge in [-0.1, -0.05) is 35.5 Å². The number of carbonyl (C=O) groups is 1. The first kappa shape index (κ1) is 23.7. The molecule has 2 aromatic carbocycles. The van der Waals surface area contributed by atoms with Gasteiger partial charge in [-0.05, 0) is 42.0 Å². The highest BCUT2D eigenvalue weighted by molar-refractivity contribution is 8.00. The molecule has 1 N–H and O–H groups in total. The lowest BCUT2D eigenvalue weighted by atomic mass is 10.2. The van der Waals surface area contributed by atoms with Gasteiger partial charge < -0.3 is 5.32 Å². The van der Waals surface area contributed by atoms with E-state index in [2.05, 4.69) is 15.3 Å². The maximum Gasteiger partial charge on any atom is 0.332 e. The van der Waals surface area contributed by atoms with Crippen molar-refractivity contribution in [1.82, 2.24) is 24.4 Å². The molecule has 2 aromatic heterocycles. The summed E-state index contributed by atoms with van der Waals surface area (Å²) in [5, 5.41) is 3.73. The third-order valence-corrected chi connectivity index (χ3v) is 6.34. The topological polar surface area (TPSA) is 98.9 Å². The van der Waals surface area contributed by atoms with Crippen LogP contribution >= 0.6 is 23.4 Å². The molecule has 11 heteroatoms. The number of hydrogen-bond acceptors (Lipinski definition) is 6. The van der Waals surface area contributed by atoms with Gasteiger partial charge in [-0.25, -0.2) is 19.2 Å². The molecule has 0 spiro atoms. The molecule has 4 rings (SSSR count). The third kappa shape index (κ3) is 4.87. The van der Waals surface area contributed by atoms with Crippen molar-refractivity contribution in [3.63, 3.8) is 0 Å². The second-order valence-corrected chi connectivity index (χ2v) is 8.86. The van der Waals surface area contributed by atoms with Crippen LogP contribution in [-0.4, -0.2) is 30.8 Å². The van der Waals surface area contributed by atoms with Crippen LogP contribution < -0.4 is 16.6 Å². The zero-order valence-electron chi connectivity index (χ0n) is 18.2. The third-order valence-electron chi connectivity index (χ3n) is 5.11. The van der Waals surface area contributed by atoms with E-state index in [0.29, 0.717) is 16.4 Å². The molecule has 0 bridgehead atoms. The van der Waals surface area contributed by atoms with E-state index in [1.54, 1.807) is 36.4 Å². The van der Waals surface area contributed by atoms with Gasteiger partial charge in [0.2, 0.25) is 5.91 Å². The van der Waals surface area contributed by atoms with Gasteiger partial charge in [-0.15, -0.1) is 0 Å². The van der Waals surface area contributed by atoms with Crippen molar-refractivity contribution in [2.75, 3.05) is 5.75 Å². The minimum absolute atomic E-state index is 0.0284. The van der Waals surface area contributed by atoms with Gasteiger partial charge in [-0.3, -0.25) is 18.7 Å². The SMILES string of the molecule is Cn1c(=O)c2c(SCC(=O)NCc3ccc(F)cc3)nc(-c3ccc(Cl)cc3)nc2n(C)c1=O. The Morgan fingerprint density at radius 2 is 1.71 bits per heavy atom. The van der Waals surface area contributed by atoms with Crippen LogP contribution in [0.15, 0.2) is 63.1 Å². The molecular weight excluding hydrogens is 481 g/mol. The number of benzene rings is 2. The molecular formula is C23H19ClFN5O3S. The molecule has 0 aliphatic heterocycles. The standard InChI is InChI=1S/C23H19ClFN5O3S/c1-29-20-18(22(32)30(2)23(29)33)21(28-19(27-20)14-5-7-15(24)8-6-14)34-12-17(31)26-11-13-3-9-16(25)10-4-13/h3-10H,11-12H2,1-2H3,(H,26,31). The lowest BCUT2D eigenvalue weighted by molar-refractivity contribution is -0.118. The van der Waals surface area contributed by atoms with Crippen molar-refractivity contribution in [3.05, 3.63) is 85.8 Å². The van der Waals surface area contributed by atoms with Crippen LogP contribution in [0.5, 0.6) is 0 Å². The molecule has 4 aromatic rings. The number of carbonyl (C=O) groups excluding carboxylic acids is 1. The van der Waals surface area contributed by atoms with Gasteiger partial charge in [0.15, 0.2) is 11.5 Å². The fraction of sp³-hybridized carbons (Fsp3) is 0.174. The largest absolute Gasteiger partial charge is 0.351 e. The quantitative estimate of drug-likeness (QED) is 0.323. The van der Waals surface area contributed by atoms with Gasteiger partial charge in [0, 0.05) is 31.2 Å². The molecule has 0 unspecified atom stereocenters. The number of hydrogen-bond donors (Lipinski definition) is 1. The Hall–Kier alpha value is -3.50. The Kier molecular flexibility index (Phi) is 6.80. The number of thioether (sulfide) groups is 1. The van der Waals surface area contributed by atoms with Crippen molar-refractivity contribution < 1.29 is 9.18 Å². The van der Waals surface area contributed by atoms with Crippen molar-refractivity contribution in [3.8, 4) is 11.4 Å². The van der Waals surface area contributed by atoms with E-state index in [1.165, 1.54) is 30.8 Å². The summed E-state index contributed by atoms with van der Waals surface area (Å²) in [7, 11) is 2.90. The Bertz CT molecular complexity index is 1500. The fourth-order valence-electron chi connectivity index (χ4n) is 3.25. The molecule has 0 saturated carbocycles. The van der Waals surface area contributed by atoms with Crippen LogP contribution in [0, 0.1) is 5.82 Å². The van der Waals surface area contributed by atoms with Crippen molar-refractivity contribution in [1.29, 1.82) is 0 Å². The first-order valence-corrected chi connectivity index (χ1v) is 11.5. The van der Waals surface area contributed by atoms with E-state index in [0.717, 1.165) is 21.9 Å². The van der Waals surface area contributed by atoms with Crippen LogP contribution in [0.3, 0.4) is 0 Å². The van der Waals surface area contributed by atoms with Gasteiger partial charge in [0.1, 0.15) is 16.2 Å². The summed E-state index contributed by atoms with van der Waals surface area (Å²) in [6, 6.07) is 12.6. The number of aryl methyl sites for hydroxylation is 1. The number of rotatable bonds is 6. The molecule has 0 fully saturated rings. The van der Waals surface area contributed by atoms with Crippen molar-refractivity contribution >= 4 is 40.3 Å². The highest BCUT2D eigenvalue weighted by atomic mass is 35.5. The summed E-state index contributed by atoms with van der Waals surface area (Å²) in [6.45, 7) is 0.233. The van der Waals surface area contributed by atoms with E-state index in [-0.39, 0.29) is 40.1 Å². The summed E-state index contributed by atoms with van der Waals surface area (Å²) in [6.07, 6.45) is 0. The highest BCUT2D eigenvalue weighted by Gasteiger charge is 2.19. The monoisotopic (exact) mass is 499 g/mol. The Balaban J connectivity index is 1.67. The van der Waals surface area contributed by atoms with Crippen molar-refractivity contribution in [2.24, 2.45) is 14.1 Å². The summed E-state index contributed by atoms with van der Waals surface area (Å²) >= 11 is 7.05. The van der Waals surface area contributed by atoms with E-state index < -0.39 is 11.2 Å². The average molecular weight is 500 g/mol. The van der Waals surface area contributed by atoms with Gasteiger partial charge >= 0.3 is 5.69 Å². The molecule has 1 amide bonds. The lowest BCUT2D eigenvalue weighted by Gasteiger charge is -2.12. The number of nitrogens with zero attached hydrogens (tertiary/aromatic N) is 4. The van der Waals surface area contributed by atoms with Gasteiger partial charge in [0.05, 0.1) is 5.75 Å². The minimum Gasteiger partial charge on any atom is -0.351 e. The van der Waals surface area contributed by atoms with Gasteiger partial charge in [-0.2, -0.15) is 0 Å².